The molecule has 4 aliphatic carbocycles. The minimum absolute atomic E-state index is 0.576. The average molecular weight is 309 g/mol. The van der Waals surface area contributed by atoms with Crippen LogP contribution in [-0.4, -0.2) is 6.54 Å². The van der Waals surface area contributed by atoms with E-state index in [9.17, 15) is 13.2 Å². The van der Waals surface area contributed by atoms with E-state index in [0.717, 1.165) is 41.8 Å². The first-order chi connectivity index (χ1) is 10.5. The van der Waals surface area contributed by atoms with Gasteiger partial charge in [-0.2, -0.15) is 13.2 Å². The number of benzene rings is 1. The third-order valence-corrected chi connectivity index (χ3v) is 6.18. The van der Waals surface area contributed by atoms with Crippen molar-refractivity contribution in [1.29, 1.82) is 0 Å². The lowest BCUT2D eigenvalue weighted by atomic mass is 9.52. The zero-order valence-corrected chi connectivity index (χ0v) is 12.6. The molecule has 4 bridgehead atoms. The first kappa shape index (κ1) is 14.4. The number of alkyl halides is 3. The molecule has 1 N–H and O–H groups in total. The Bertz CT molecular complexity index is 506. The first-order valence-corrected chi connectivity index (χ1v) is 8.40. The fourth-order valence-electron chi connectivity index (χ4n) is 5.38. The maximum atomic E-state index is 12.6. The first-order valence-electron chi connectivity index (χ1n) is 8.40. The molecule has 0 aliphatic heterocycles. The van der Waals surface area contributed by atoms with E-state index in [-0.39, 0.29) is 0 Å². The van der Waals surface area contributed by atoms with E-state index in [0.29, 0.717) is 0 Å². The van der Waals surface area contributed by atoms with Crippen LogP contribution in [0.1, 0.15) is 37.7 Å². The van der Waals surface area contributed by atoms with Crippen molar-refractivity contribution in [3.63, 3.8) is 0 Å². The van der Waals surface area contributed by atoms with Gasteiger partial charge in [-0.05, 0) is 86.0 Å². The van der Waals surface area contributed by atoms with Gasteiger partial charge in [0.15, 0.2) is 0 Å². The van der Waals surface area contributed by atoms with Crippen molar-refractivity contribution < 1.29 is 13.2 Å². The normalized spacial score (nSPS) is 36.6. The molecular formula is C18H22F3N. The molecule has 4 heteroatoms. The van der Waals surface area contributed by atoms with Crippen LogP contribution in [0.25, 0.3) is 0 Å². The van der Waals surface area contributed by atoms with Gasteiger partial charge < -0.3 is 5.32 Å². The van der Waals surface area contributed by atoms with Crippen LogP contribution in [0.4, 0.5) is 18.9 Å². The maximum absolute atomic E-state index is 12.6. The molecule has 1 aromatic carbocycles. The van der Waals surface area contributed by atoms with Gasteiger partial charge in [0.05, 0.1) is 5.56 Å². The zero-order valence-electron chi connectivity index (χ0n) is 12.6. The predicted octanol–water partition coefficient (Wildman–Crippen LogP) is 5.19. The SMILES string of the molecule is FC(F)(F)c1ccc(NCC2C3CC4CC(C3)CC2C4)cc1. The van der Waals surface area contributed by atoms with Crippen molar-refractivity contribution in [3.8, 4) is 0 Å². The van der Waals surface area contributed by atoms with Crippen molar-refractivity contribution >= 4 is 5.69 Å². The molecule has 4 saturated carbocycles. The Morgan fingerprint density at radius 1 is 0.864 bits per heavy atom. The van der Waals surface area contributed by atoms with E-state index < -0.39 is 11.7 Å². The Morgan fingerprint density at radius 3 is 1.91 bits per heavy atom. The second-order valence-corrected chi connectivity index (χ2v) is 7.55. The lowest BCUT2D eigenvalue weighted by Crippen LogP contribution is -2.47. The fraction of sp³-hybridized carbons (Fsp3) is 0.667. The van der Waals surface area contributed by atoms with E-state index in [2.05, 4.69) is 5.32 Å². The van der Waals surface area contributed by atoms with Crippen LogP contribution in [0.15, 0.2) is 24.3 Å². The summed E-state index contributed by atoms with van der Waals surface area (Å²) in [5.41, 5.74) is 0.231. The number of nitrogens with one attached hydrogen (secondary N) is 1. The number of anilines is 1. The third-order valence-electron chi connectivity index (χ3n) is 6.18. The minimum atomic E-state index is -4.25. The van der Waals surface area contributed by atoms with Gasteiger partial charge in [0, 0.05) is 12.2 Å². The van der Waals surface area contributed by atoms with Gasteiger partial charge in [-0.1, -0.05) is 0 Å². The van der Waals surface area contributed by atoms with E-state index in [1.54, 1.807) is 12.1 Å². The summed E-state index contributed by atoms with van der Waals surface area (Å²) in [6, 6.07) is 5.44. The van der Waals surface area contributed by atoms with Crippen LogP contribution >= 0.6 is 0 Å². The van der Waals surface area contributed by atoms with Crippen molar-refractivity contribution in [1.82, 2.24) is 0 Å². The largest absolute Gasteiger partial charge is 0.416 e. The molecule has 0 unspecified atom stereocenters. The molecule has 4 fully saturated rings. The molecule has 1 nitrogen and oxygen atoms in total. The van der Waals surface area contributed by atoms with E-state index in [1.807, 2.05) is 0 Å². The molecule has 0 atom stereocenters. The van der Waals surface area contributed by atoms with E-state index in [1.165, 1.54) is 44.2 Å². The Labute approximate surface area is 129 Å². The van der Waals surface area contributed by atoms with Gasteiger partial charge in [0.1, 0.15) is 0 Å². The smallest absolute Gasteiger partial charge is 0.385 e. The monoisotopic (exact) mass is 309 g/mol. The molecule has 0 heterocycles. The Kier molecular flexibility index (Phi) is 3.39. The van der Waals surface area contributed by atoms with Crippen LogP contribution in [0.5, 0.6) is 0 Å². The Morgan fingerprint density at radius 2 is 1.41 bits per heavy atom. The van der Waals surface area contributed by atoms with Gasteiger partial charge >= 0.3 is 6.18 Å². The summed E-state index contributed by atoms with van der Waals surface area (Å²) < 4.78 is 37.7. The van der Waals surface area contributed by atoms with Crippen molar-refractivity contribution in [2.24, 2.45) is 29.6 Å². The van der Waals surface area contributed by atoms with Gasteiger partial charge in [-0.25, -0.2) is 0 Å². The van der Waals surface area contributed by atoms with E-state index >= 15 is 0 Å². The summed E-state index contributed by atoms with van der Waals surface area (Å²) in [7, 11) is 0. The fourth-order valence-corrected chi connectivity index (χ4v) is 5.38. The highest BCUT2D eigenvalue weighted by atomic mass is 19.4. The average Bonchev–Trinajstić information content (AvgIpc) is 2.45. The highest BCUT2D eigenvalue weighted by Crippen LogP contribution is 2.56. The highest BCUT2D eigenvalue weighted by Gasteiger charge is 2.47. The topological polar surface area (TPSA) is 12.0 Å². The molecular weight excluding hydrogens is 287 g/mol. The molecule has 120 valence electrons. The van der Waals surface area contributed by atoms with Crippen molar-refractivity contribution in [2.75, 3.05) is 11.9 Å². The summed E-state index contributed by atoms with van der Waals surface area (Å²) in [6.07, 6.45) is 2.73. The molecule has 0 aromatic heterocycles. The molecule has 5 rings (SSSR count). The number of halogens is 3. The molecule has 0 saturated heterocycles. The van der Waals surface area contributed by atoms with Crippen LogP contribution in [0.3, 0.4) is 0 Å². The van der Waals surface area contributed by atoms with Gasteiger partial charge in [-0.3, -0.25) is 0 Å². The number of rotatable bonds is 3. The molecule has 0 radical (unpaired) electrons. The molecule has 0 amide bonds. The third kappa shape index (κ3) is 2.61. The number of hydrogen-bond acceptors (Lipinski definition) is 1. The van der Waals surface area contributed by atoms with Gasteiger partial charge in [-0.15, -0.1) is 0 Å². The highest BCUT2D eigenvalue weighted by molar-refractivity contribution is 5.45. The second kappa shape index (κ2) is 5.17. The zero-order chi connectivity index (χ0) is 15.3. The lowest BCUT2D eigenvalue weighted by Gasteiger charge is -2.54. The van der Waals surface area contributed by atoms with Crippen LogP contribution in [-0.2, 0) is 6.18 Å². The summed E-state index contributed by atoms with van der Waals surface area (Å²) in [5, 5.41) is 3.38. The summed E-state index contributed by atoms with van der Waals surface area (Å²) >= 11 is 0. The van der Waals surface area contributed by atoms with Crippen LogP contribution < -0.4 is 5.32 Å². The Hall–Kier alpha value is -1.19. The second-order valence-electron chi connectivity index (χ2n) is 7.55. The van der Waals surface area contributed by atoms with Crippen molar-refractivity contribution in [2.45, 2.75) is 38.3 Å². The lowest BCUT2D eigenvalue weighted by molar-refractivity contribution is -0.137. The standard InChI is InChI=1S/C18H22F3N/c19-18(20,21)15-1-3-16(4-2-15)22-10-17-13-6-11-5-12(8-13)9-14(17)7-11/h1-4,11-14,17,22H,5-10H2. The molecule has 22 heavy (non-hydrogen) atoms. The maximum Gasteiger partial charge on any atom is 0.416 e. The van der Waals surface area contributed by atoms with E-state index in [4.69, 9.17) is 0 Å². The quantitative estimate of drug-likeness (QED) is 0.810. The summed E-state index contributed by atoms with van der Waals surface area (Å²) in [6.45, 7) is 0.917. The Balaban J connectivity index is 1.39. The minimum Gasteiger partial charge on any atom is -0.385 e. The van der Waals surface area contributed by atoms with Crippen molar-refractivity contribution in [3.05, 3.63) is 29.8 Å². The van der Waals surface area contributed by atoms with Crippen LogP contribution in [0.2, 0.25) is 0 Å². The van der Waals surface area contributed by atoms with Gasteiger partial charge in [0.25, 0.3) is 0 Å². The van der Waals surface area contributed by atoms with Crippen LogP contribution in [0, 0.1) is 29.6 Å². The summed E-state index contributed by atoms with van der Waals surface area (Å²) in [4.78, 5) is 0. The molecule has 4 aliphatic rings. The summed E-state index contributed by atoms with van der Waals surface area (Å²) in [5.74, 6) is 4.33. The number of hydrogen-bond donors (Lipinski definition) is 1. The predicted molar refractivity (Wildman–Crippen MR) is 80.5 cm³/mol. The van der Waals surface area contributed by atoms with Gasteiger partial charge in [0.2, 0.25) is 0 Å². The molecule has 0 spiro atoms. The molecule has 1 aromatic rings.